The predicted octanol–water partition coefficient (Wildman–Crippen LogP) is 3.90. The van der Waals surface area contributed by atoms with Gasteiger partial charge in [0.05, 0.1) is 16.8 Å². The first-order valence-electron chi connectivity index (χ1n) is 8.32. The summed E-state index contributed by atoms with van der Waals surface area (Å²) in [5, 5.41) is 4.94. The molecule has 1 N–H and O–H groups in total. The molecule has 0 saturated heterocycles. The first-order chi connectivity index (χ1) is 12.5. The lowest BCUT2D eigenvalue weighted by Crippen LogP contribution is -2.25. The number of aromatic nitrogens is 4. The summed E-state index contributed by atoms with van der Waals surface area (Å²) in [5.41, 5.74) is 1.84. The Kier molecular flexibility index (Phi) is 4.44. The van der Waals surface area contributed by atoms with Gasteiger partial charge in [0.25, 0.3) is 0 Å². The normalized spacial score (nSPS) is 14.6. The number of benzene rings is 1. The van der Waals surface area contributed by atoms with Crippen LogP contribution in [0.15, 0.2) is 22.8 Å². The number of rotatable bonds is 4. The van der Waals surface area contributed by atoms with Crippen molar-refractivity contribution in [2.24, 2.45) is 0 Å². The van der Waals surface area contributed by atoms with E-state index < -0.39 is 17.8 Å². The maximum atomic E-state index is 14.4. The zero-order chi connectivity index (χ0) is 18.4. The van der Waals surface area contributed by atoms with Crippen molar-refractivity contribution in [2.75, 3.05) is 6.61 Å². The van der Waals surface area contributed by atoms with Crippen molar-refractivity contribution in [2.45, 2.75) is 32.4 Å². The molecule has 0 spiro atoms. The van der Waals surface area contributed by atoms with Gasteiger partial charge in [0.15, 0.2) is 16.6 Å². The van der Waals surface area contributed by atoms with Crippen LogP contribution in [0.1, 0.15) is 30.8 Å². The summed E-state index contributed by atoms with van der Waals surface area (Å²) in [6.07, 6.45) is 3.44. The Balaban J connectivity index is 1.90. The van der Waals surface area contributed by atoms with E-state index in [9.17, 15) is 9.18 Å². The van der Waals surface area contributed by atoms with E-state index in [0.717, 1.165) is 25.1 Å². The molecule has 1 aliphatic heterocycles. The maximum absolute atomic E-state index is 14.4. The number of hydrogen-bond acceptors (Lipinski definition) is 4. The first kappa shape index (κ1) is 17.4. The molecule has 9 heteroatoms. The fourth-order valence-corrected chi connectivity index (χ4v) is 4.05. The van der Waals surface area contributed by atoms with Gasteiger partial charge >= 0.3 is 5.97 Å². The second-order valence-corrected chi connectivity index (χ2v) is 7.35. The van der Waals surface area contributed by atoms with Crippen molar-refractivity contribution < 1.29 is 13.9 Å². The van der Waals surface area contributed by atoms with Gasteiger partial charge in [-0.2, -0.15) is 5.10 Å². The molecule has 0 radical (unpaired) electrons. The third-order valence-electron chi connectivity index (χ3n) is 4.55. The average Bonchev–Trinajstić information content (AvgIpc) is 3.30. The second-order valence-electron chi connectivity index (χ2n) is 6.11. The molecule has 0 bridgehead atoms. The van der Waals surface area contributed by atoms with E-state index in [1.807, 2.05) is 4.57 Å². The van der Waals surface area contributed by atoms with Gasteiger partial charge in [-0.1, -0.05) is 0 Å². The third-order valence-corrected chi connectivity index (χ3v) is 5.49. The van der Waals surface area contributed by atoms with Crippen LogP contribution in [0.2, 0.25) is 0 Å². The van der Waals surface area contributed by atoms with E-state index in [1.165, 1.54) is 4.68 Å². The van der Waals surface area contributed by atoms with Gasteiger partial charge in [0.2, 0.25) is 0 Å². The quantitative estimate of drug-likeness (QED) is 0.495. The molecule has 0 aliphatic carbocycles. The number of carbonyl (C=O) groups is 1. The Bertz CT molecular complexity index is 1070. The van der Waals surface area contributed by atoms with Crippen molar-refractivity contribution >= 4 is 45.0 Å². The monoisotopic (exact) mass is 438 g/mol. The Labute approximate surface area is 162 Å². The Morgan fingerprint density at radius 3 is 3.12 bits per heavy atom. The first-order valence-corrected chi connectivity index (χ1v) is 9.52. The van der Waals surface area contributed by atoms with Gasteiger partial charge in [-0.15, -0.1) is 0 Å². The molecule has 0 amide bonds. The maximum Gasteiger partial charge on any atom is 0.337 e. The van der Waals surface area contributed by atoms with Crippen LogP contribution in [0.5, 0.6) is 0 Å². The van der Waals surface area contributed by atoms with E-state index in [-0.39, 0.29) is 12.1 Å². The van der Waals surface area contributed by atoms with Crippen molar-refractivity contribution in [1.29, 1.82) is 0 Å². The summed E-state index contributed by atoms with van der Waals surface area (Å²) in [6, 6.07) is 2.53. The molecule has 4 rings (SSSR count). The second kappa shape index (κ2) is 6.62. The molecule has 136 valence electrons. The van der Waals surface area contributed by atoms with Crippen LogP contribution in [-0.4, -0.2) is 31.9 Å². The molecule has 6 nitrogen and oxygen atoms in total. The van der Waals surface area contributed by atoms with Gasteiger partial charge in [-0.3, -0.25) is 4.68 Å². The highest BCUT2D eigenvalue weighted by molar-refractivity contribution is 9.10. The number of nitrogens with one attached hydrogen (secondary N) is 1. The molecule has 0 fully saturated rings. The molecular weight excluding hydrogens is 423 g/mol. The summed E-state index contributed by atoms with van der Waals surface area (Å²) in [7, 11) is 0. The van der Waals surface area contributed by atoms with E-state index >= 15 is 0 Å². The van der Waals surface area contributed by atoms with Crippen LogP contribution in [0, 0.1) is 10.6 Å². The molecular formula is C17H16BrFN4O2S. The number of H-pyrrole nitrogens is 1. The SMILES string of the molecule is CCOC(=O)[C@@H](c1[nH]c(=S)n2c1CCC2)n1cc2ccc(Br)c(F)c2n1. The third kappa shape index (κ3) is 2.69. The summed E-state index contributed by atoms with van der Waals surface area (Å²) in [4.78, 5) is 15.9. The van der Waals surface area contributed by atoms with Crippen molar-refractivity contribution in [1.82, 2.24) is 19.3 Å². The molecule has 3 heterocycles. The lowest BCUT2D eigenvalue weighted by molar-refractivity contribution is -0.146. The number of carbonyl (C=O) groups excluding carboxylic acids is 1. The van der Waals surface area contributed by atoms with Crippen LogP contribution in [-0.2, 0) is 22.5 Å². The van der Waals surface area contributed by atoms with Crippen molar-refractivity contribution in [3.8, 4) is 0 Å². The number of fused-ring (bicyclic) bond motifs is 2. The Hall–Kier alpha value is -2.00. The molecule has 0 saturated carbocycles. The van der Waals surface area contributed by atoms with Crippen molar-refractivity contribution in [3.05, 3.63) is 44.8 Å². The van der Waals surface area contributed by atoms with E-state index in [1.54, 1.807) is 25.3 Å². The van der Waals surface area contributed by atoms with Gasteiger partial charge in [-0.25, -0.2) is 9.18 Å². The number of esters is 1. The number of halogens is 2. The number of imidazole rings is 1. The lowest BCUT2D eigenvalue weighted by Gasteiger charge is -2.16. The van der Waals surface area contributed by atoms with Crippen molar-refractivity contribution in [3.63, 3.8) is 0 Å². The smallest absolute Gasteiger partial charge is 0.337 e. The average molecular weight is 439 g/mol. The highest BCUT2D eigenvalue weighted by Crippen LogP contribution is 2.30. The molecule has 0 unspecified atom stereocenters. The molecule has 1 aliphatic rings. The standard InChI is InChI=1S/C17H16BrFN4O2S/c1-2-25-16(24)15(14-11-4-3-7-22(11)17(26)20-14)23-8-9-5-6-10(18)12(19)13(9)21-23/h5-6,8,15H,2-4,7H2,1H3,(H,20,26)/t15-/m1/s1. The molecule has 3 aromatic rings. The molecule has 1 aromatic carbocycles. The minimum Gasteiger partial charge on any atom is -0.464 e. The zero-order valence-corrected chi connectivity index (χ0v) is 16.4. The highest BCUT2D eigenvalue weighted by Gasteiger charge is 2.32. The van der Waals surface area contributed by atoms with E-state index in [2.05, 4.69) is 26.0 Å². The summed E-state index contributed by atoms with van der Waals surface area (Å²) in [5.74, 6) is -0.912. The van der Waals surface area contributed by atoms with E-state index in [4.69, 9.17) is 17.0 Å². The molecule has 2 aromatic heterocycles. The number of ether oxygens (including phenoxy) is 1. The number of hydrogen-bond donors (Lipinski definition) is 1. The summed E-state index contributed by atoms with van der Waals surface area (Å²) in [6.45, 7) is 2.81. The van der Waals surface area contributed by atoms with Crippen LogP contribution in [0.3, 0.4) is 0 Å². The number of aromatic amines is 1. The summed E-state index contributed by atoms with van der Waals surface area (Å²) < 4.78 is 24.0. The molecule has 1 atom stereocenters. The fraction of sp³-hybridized carbons (Fsp3) is 0.353. The molecule has 26 heavy (non-hydrogen) atoms. The van der Waals surface area contributed by atoms with Crippen LogP contribution < -0.4 is 0 Å². The largest absolute Gasteiger partial charge is 0.464 e. The van der Waals surface area contributed by atoms with Crippen LogP contribution in [0.25, 0.3) is 10.9 Å². The minimum atomic E-state index is -0.837. The fourth-order valence-electron chi connectivity index (χ4n) is 3.42. The van der Waals surface area contributed by atoms with Gasteiger partial charge < -0.3 is 14.3 Å². The minimum absolute atomic E-state index is 0.197. The van der Waals surface area contributed by atoms with Gasteiger partial charge in [0.1, 0.15) is 5.52 Å². The van der Waals surface area contributed by atoms with Gasteiger partial charge in [0, 0.05) is 23.8 Å². The zero-order valence-electron chi connectivity index (χ0n) is 14.0. The number of nitrogens with zero attached hydrogens (tertiary/aromatic N) is 3. The lowest BCUT2D eigenvalue weighted by atomic mass is 10.1. The Morgan fingerprint density at radius 2 is 2.35 bits per heavy atom. The van der Waals surface area contributed by atoms with E-state index in [0.29, 0.717) is 20.3 Å². The highest BCUT2D eigenvalue weighted by atomic mass is 79.9. The Morgan fingerprint density at radius 1 is 1.54 bits per heavy atom. The summed E-state index contributed by atoms with van der Waals surface area (Å²) >= 11 is 8.55. The topological polar surface area (TPSA) is 64.8 Å². The van der Waals surface area contributed by atoms with Gasteiger partial charge in [-0.05, 0) is 60.0 Å². The van der Waals surface area contributed by atoms with Crippen LogP contribution >= 0.6 is 28.1 Å². The predicted molar refractivity (Wildman–Crippen MR) is 100 cm³/mol. The van der Waals surface area contributed by atoms with Crippen LogP contribution in [0.4, 0.5) is 4.39 Å².